The van der Waals surface area contributed by atoms with Gasteiger partial charge in [0.1, 0.15) is 12.1 Å². The number of rotatable bonds is 6. The molecule has 1 aromatic carbocycles. The summed E-state index contributed by atoms with van der Waals surface area (Å²) in [5.74, 6) is -0.275. The molecule has 10 nitrogen and oxygen atoms in total. The van der Waals surface area contributed by atoms with Crippen molar-refractivity contribution in [2.24, 2.45) is 0 Å². The number of carbonyl (C=O) groups is 1. The van der Waals surface area contributed by atoms with Crippen LogP contribution < -0.4 is 16.2 Å². The molecule has 10 heteroatoms. The highest BCUT2D eigenvalue weighted by molar-refractivity contribution is 5.95. The zero-order valence-corrected chi connectivity index (χ0v) is 15.1. The highest BCUT2D eigenvalue weighted by Gasteiger charge is 2.24. The summed E-state index contributed by atoms with van der Waals surface area (Å²) in [5.41, 5.74) is 6.83. The van der Waals surface area contributed by atoms with Crippen molar-refractivity contribution in [2.45, 2.75) is 13.8 Å². The number of aryl methyl sites for hydroxylation is 2. The summed E-state index contributed by atoms with van der Waals surface area (Å²) in [6.45, 7) is 3.78. The number of benzene rings is 1. The molecule has 28 heavy (non-hydrogen) atoms. The Bertz CT molecular complexity index is 1000. The normalized spacial score (nSPS) is 10.2. The smallest absolute Gasteiger partial charge is 0.319 e. The van der Waals surface area contributed by atoms with E-state index in [1.165, 1.54) is 0 Å². The maximum atomic E-state index is 12.2. The van der Waals surface area contributed by atoms with Gasteiger partial charge in [0.05, 0.1) is 4.92 Å². The Balaban J connectivity index is 1.80. The number of aromatic nitrogens is 3. The van der Waals surface area contributed by atoms with Gasteiger partial charge >= 0.3 is 5.69 Å². The number of hydrogen-bond donors (Lipinski definition) is 3. The summed E-state index contributed by atoms with van der Waals surface area (Å²) in [6.07, 6.45) is 2.76. The number of anilines is 3. The highest BCUT2D eigenvalue weighted by Crippen LogP contribution is 2.30. The minimum absolute atomic E-state index is 0.0524. The number of pyridine rings is 1. The van der Waals surface area contributed by atoms with Crippen molar-refractivity contribution in [2.75, 3.05) is 10.7 Å². The van der Waals surface area contributed by atoms with Gasteiger partial charge in [-0.3, -0.25) is 25.8 Å². The fourth-order valence-corrected chi connectivity index (χ4v) is 2.29. The lowest BCUT2D eigenvalue weighted by molar-refractivity contribution is -0.383. The molecule has 0 saturated heterocycles. The molecule has 0 spiro atoms. The second-order valence-corrected chi connectivity index (χ2v) is 5.97. The third-order valence-electron chi connectivity index (χ3n) is 3.77. The molecule has 0 saturated carbocycles. The Morgan fingerprint density at radius 3 is 2.29 bits per heavy atom. The minimum Gasteiger partial charge on any atom is -0.319 e. The van der Waals surface area contributed by atoms with Crippen LogP contribution in [0.15, 0.2) is 48.9 Å². The molecular formula is C18H17N7O3. The molecule has 3 N–H and O–H groups in total. The summed E-state index contributed by atoms with van der Waals surface area (Å²) < 4.78 is 0. The average molecular weight is 379 g/mol. The van der Waals surface area contributed by atoms with Crippen LogP contribution in [0.4, 0.5) is 23.1 Å². The van der Waals surface area contributed by atoms with Gasteiger partial charge in [0.2, 0.25) is 11.6 Å². The van der Waals surface area contributed by atoms with Crippen LogP contribution in [0.2, 0.25) is 0 Å². The zero-order chi connectivity index (χ0) is 20.1. The van der Waals surface area contributed by atoms with Crippen LogP contribution in [0.25, 0.3) is 0 Å². The summed E-state index contributed by atoms with van der Waals surface area (Å²) >= 11 is 0. The van der Waals surface area contributed by atoms with Crippen LogP contribution in [0.1, 0.15) is 21.5 Å². The highest BCUT2D eigenvalue weighted by atomic mass is 16.6. The Morgan fingerprint density at radius 1 is 0.964 bits per heavy atom. The van der Waals surface area contributed by atoms with Gasteiger partial charge in [0.15, 0.2) is 0 Å². The number of nitro groups is 1. The topological polar surface area (TPSA) is 135 Å². The van der Waals surface area contributed by atoms with Gasteiger partial charge in [-0.05, 0) is 37.6 Å². The molecule has 0 aliphatic heterocycles. The first kappa shape index (κ1) is 18.7. The van der Waals surface area contributed by atoms with E-state index < -0.39 is 16.5 Å². The lowest BCUT2D eigenvalue weighted by Gasteiger charge is -2.11. The summed E-state index contributed by atoms with van der Waals surface area (Å²) in [4.78, 5) is 35.0. The van der Waals surface area contributed by atoms with E-state index in [1.807, 2.05) is 19.9 Å². The Labute approximate surface area is 160 Å². The van der Waals surface area contributed by atoms with Gasteiger partial charge in [-0.2, -0.15) is 0 Å². The first-order valence-corrected chi connectivity index (χ1v) is 8.26. The van der Waals surface area contributed by atoms with Crippen molar-refractivity contribution in [3.63, 3.8) is 0 Å². The van der Waals surface area contributed by atoms with Crippen LogP contribution >= 0.6 is 0 Å². The van der Waals surface area contributed by atoms with Crippen LogP contribution in [0, 0.1) is 24.0 Å². The zero-order valence-electron chi connectivity index (χ0n) is 15.1. The minimum atomic E-state index is -0.642. The van der Waals surface area contributed by atoms with Crippen molar-refractivity contribution in [1.29, 1.82) is 0 Å². The second-order valence-electron chi connectivity index (χ2n) is 5.97. The van der Waals surface area contributed by atoms with E-state index in [0.29, 0.717) is 11.4 Å². The van der Waals surface area contributed by atoms with Crippen LogP contribution in [0.5, 0.6) is 0 Å². The number of nitrogens with one attached hydrogen (secondary N) is 3. The van der Waals surface area contributed by atoms with Crippen molar-refractivity contribution < 1.29 is 9.72 Å². The molecule has 2 aromatic heterocycles. The Hall–Kier alpha value is -4.08. The van der Waals surface area contributed by atoms with E-state index in [9.17, 15) is 14.9 Å². The van der Waals surface area contributed by atoms with Crippen molar-refractivity contribution in [3.8, 4) is 0 Å². The fourth-order valence-electron chi connectivity index (χ4n) is 2.29. The molecular weight excluding hydrogens is 362 g/mol. The first-order valence-electron chi connectivity index (χ1n) is 8.26. The molecule has 0 atom stereocenters. The van der Waals surface area contributed by atoms with E-state index in [1.54, 1.807) is 36.5 Å². The molecule has 0 fully saturated rings. The van der Waals surface area contributed by atoms with Crippen LogP contribution in [-0.4, -0.2) is 25.8 Å². The molecule has 142 valence electrons. The molecule has 0 aliphatic carbocycles. The Kier molecular flexibility index (Phi) is 5.40. The predicted octanol–water partition coefficient (Wildman–Crippen LogP) is 2.90. The van der Waals surface area contributed by atoms with Gasteiger partial charge in [-0.15, -0.1) is 0 Å². The molecule has 0 radical (unpaired) electrons. The summed E-state index contributed by atoms with van der Waals surface area (Å²) in [7, 11) is 0. The van der Waals surface area contributed by atoms with E-state index >= 15 is 0 Å². The quantitative estimate of drug-likeness (QED) is 0.439. The number of carbonyl (C=O) groups excluding carboxylic acids is 1. The number of hydrazine groups is 1. The maximum Gasteiger partial charge on any atom is 0.355 e. The van der Waals surface area contributed by atoms with E-state index in [0.717, 1.165) is 17.5 Å². The molecule has 3 aromatic rings. The van der Waals surface area contributed by atoms with Gasteiger partial charge in [-0.25, -0.2) is 15.0 Å². The molecule has 0 bridgehead atoms. The van der Waals surface area contributed by atoms with Crippen molar-refractivity contribution >= 4 is 29.0 Å². The predicted molar refractivity (Wildman–Crippen MR) is 103 cm³/mol. The third kappa shape index (κ3) is 4.36. The van der Waals surface area contributed by atoms with Crippen LogP contribution in [-0.2, 0) is 0 Å². The number of amides is 1. The SMILES string of the molecule is Cc1ccc(C(=O)NNc2ncnc(Nc3ccc(C)cn3)c2[N+](=O)[O-])cc1. The molecule has 2 heterocycles. The molecule has 0 unspecified atom stereocenters. The number of nitrogens with zero attached hydrogens (tertiary/aromatic N) is 4. The monoisotopic (exact) mass is 379 g/mol. The Morgan fingerprint density at radius 2 is 1.64 bits per heavy atom. The fraction of sp³-hybridized carbons (Fsp3) is 0.111. The summed E-state index contributed by atoms with van der Waals surface area (Å²) in [5, 5.41) is 14.3. The third-order valence-corrected chi connectivity index (χ3v) is 3.77. The lowest BCUT2D eigenvalue weighted by atomic mass is 10.1. The van der Waals surface area contributed by atoms with Crippen LogP contribution in [0.3, 0.4) is 0 Å². The van der Waals surface area contributed by atoms with E-state index in [-0.39, 0.29) is 11.6 Å². The van der Waals surface area contributed by atoms with Gasteiger partial charge in [-0.1, -0.05) is 23.8 Å². The average Bonchev–Trinajstić information content (AvgIpc) is 2.68. The van der Waals surface area contributed by atoms with Gasteiger partial charge in [0, 0.05) is 11.8 Å². The van der Waals surface area contributed by atoms with Crippen molar-refractivity contribution in [1.82, 2.24) is 20.4 Å². The van der Waals surface area contributed by atoms with E-state index in [2.05, 4.69) is 31.1 Å². The molecule has 0 aliphatic rings. The van der Waals surface area contributed by atoms with Gasteiger partial charge in [0.25, 0.3) is 5.91 Å². The largest absolute Gasteiger partial charge is 0.355 e. The van der Waals surface area contributed by atoms with Crippen molar-refractivity contribution in [3.05, 3.63) is 75.7 Å². The summed E-state index contributed by atoms with van der Waals surface area (Å²) in [6, 6.07) is 10.4. The maximum absolute atomic E-state index is 12.2. The first-order chi connectivity index (χ1) is 13.4. The lowest BCUT2D eigenvalue weighted by Crippen LogP contribution is -2.30. The standard InChI is InChI=1S/C18H17N7O3/c1-11-3-6-13(7-4-11)18(26)24-23-17-15(25(27)28)16(20-10-21-17)22-14-8-5-12(2)9-19-14/h3-10H,1-2H3,(H,24,26)(H2,19,20,21,22,23). The number of hydrogen-bond acceptors (Lipinski definition) is 8. The second kappa shape index (κ2) is 8.08. The molecule has 3 rings (SSSR count). The van der Waals surface area contributed by atoms with E-state index in [4.69, 9.17) is 0 Å². The molecule has 1 amide bonds. The van der Waals surface area contributed by atoms with Gasteiger partial charge < -0.3 is 5.32 Å².